The molecular formula is C23H25N5O3. The Labute approximate surface area is 180 Å². The first kappa shape index (κ1) is 19.7. The summed E-state index contributed by atoms with van der Waals surface area (Å²) in [5.41, 5.74) is 4.12. The molecule has 1 aliphatic heterocycles. The number of aryl methyl sites for hydroxylation is 1. The summed E-state index contributed by atoms with van der Waals surface area (Å²) in [5, 5.41) is 10.4. The molecule has 1 saturated heterocycles. The Balaban J connectivity index is 1.38. The van der Waals surface area contributed by atoms with Crippen molar-refractivity contribution in [1.82, 2.24) is 15.2 Å². The molecular weight excluding hydrogens is 394 g/mol. The summed E-state index contributed by atoms with van der Waals surface area (Å²) in [6.45, 7) is 3.61. The fourth-order valence-corrected chi connectivity index (χ4v) is 4.58. The number of benzene rings is 1. The second-order valence-corrected chi connectivity index (χ2v) is 8.18. The number of pyridine rings is 1. The Hall–Kier alpha value is -3.26. The Morgan fingerprint density at radius 1 is 1.26 bits per heavy atom. The van der Waals surface area contributed by atoms with Crippen LogP contribution in [0.15, 0.2) is 46.3 Å². The molecule has 8 nitrogen and oxygen atoms in total. The van der Waals surface area contributed by atoms with Gasteiger partial charge in [0.2, 0.25) is 5.76 Å². The predicted molar refractivity (Wildman–Crippen MR) is 119 cm³/mol. The van der Waals surface area contributed by atoms with Crippen molar-refractivity contribution >= 4 is 28.3 Å². The van der Waals surface area contributed by atoms with Crippen molar-refractivity contribution in [3.8, 4) is 0 Å². The SMILES string of the molecule is O=NC1CCc2cc(Nc3c(C(=O)NCCN4CCCC4)oc4cnccc34)ccc21. The van der Waals surface area contributed by atoms with E-state index in [-0.39, 0.29) is 17.7 Å². The third-order valence-corrected chi connectivity index (χ3v) is 6.20. The first-order valence-corrected chi connectivity index (χ1v) is 10.8. The van der Waals surface area contributed by atoms with Crippen LogP contribution in [0.4, 0.5) is 11.4 Å². The van der Waals surface area contributed by atoms with Crippen molar-refractivity contribution in [2.24, 2.45) is 5.18 Å². The zero-order chi connectivity index (χ0) is 21.2. The van der Waals surface area contributed by atoms with Crippen LogP contribution in [0.5, 0.6) is 0 Å². The van der Waals surface area contributed by atoms with Crippen molar-refractivity contribution in [2.45, 2.75) is 31.7 Å². The molecule has 1 fully saturated rings. The lowest BCUT2D eigenvalue weighted by atomic mass is 10.1. The van der Waals surface area contributed by atoms with Gasteiger partial charge < -0.3 is 20.0 Å². The first-order chi connectivity index (χ1) is 15.2. The van der Waals surface area contributed by atoms with Gasteiger partial charge in [-0.05, 0) is 68.1 Å². The van der Waals surface area contributed by atoms with E-state index >= 15 is 0 Å². The van der Waals surface area contributed by atoms with Crippen LogP contribution in [0.3, 0.4) is 0 Å². The van der Waals surface area contributed by atoms with E-state index in [1.807, 2.05) is 24.3 Å². The molecule has 160 valence electrons. The van der Waals surface area contributed by atoms with Gasteiger partial charge in [0.05, 0.1) is 11.9 Å². The van der Waals surface area contributed by atoms with Gasteiger partial charge in [-0.1, -0.05) is 11.2 Å². The van der Waals surface area contributed by atoms with Crippen molar-refractivity contribution in [2.75, 3.05) is 31.5 Å². The second-order valence-electron chi connectivity index (χ2n) is 8.18. The highest BCUT2D eigenvalue weighted by Crippen LogP contribution is 2.37. The van der Waals surface area contributed by atoms with Gasteiger partial charge in [-0.3, -0.25) is 9.78 Å². The molecule has 1 aromatic carbocycles. The lowest BCUT2D eigenvalue weighted by molar-refractivity contribution is 0.0925. The number of hydrogen-bond donors (Lipinski definition) is 2. The number of carbonyl (C=O) groups is 1. The molecule has 3 aromatic rings. The number of likely N-dealkylation sites (tertiary alicyclic amines) is 1. The Bertz CT molecular complexity index is 1120. The zero-order valence-corrected chi connectivity index (χ0v) is 17.3. The third kappa shape index (κ3) is 3.90. The largest absolute Gasteiger partial charge is 0.447 e. The molecule has 1 aliphatic carbocycles. The van der Waals surface area contributed by atoms with E-state index in [4.69, 9.17) is 4.42 Å². The Kier molecular flexibility index (Phi) is 5.38. The van der Waals surface area contributed by atoms with Gasteiger partial charge in [-0.15, -0.1) is 0 Å². The molecule has 2 N–H and O–H groups in total. The molecule has 1 atom stereocenters. The maximum atomic E-state index is 12.9. The smallest absolute Gasteiger partial charge is 0.289 e. The number of amides is 1. The van der Waals surface area contributed by atoms with Crippen LogP contribution in [0, 0.1) is 4.91 Å². The van der Waals surface area contributed by atoms with Gasteiger partial charge in [-0.2, -0.15) is 4.91 Å². The minimum atomic E-state index is -0.262. The van der Waals surface area contributed by atoms with Crippen LogP contribution >= 0.6 is 0 Å². The van der Waals surface area contributed by atoms with Crippen molar-refractivity contribution in [3.05, 3.63) is 58.5 Å². The number of rotatable bonds is 7. The van der Waals surface area contributed by atoms with Gasteiger partial charge in [0.1, 0.15) is 6.04 Å². The van der Waals surface area contributed by atoms with E-state index in [1.54, 1.807) is 12.4 Å². The van der Waals surface area contributed by atoms with Crippen LogP contribution < -0.4 is 10.6 Å². The summed E-state index contributed by atoms with van der Waals surface area (Å²) < 4.78 is 5.88. The summed E-state index contributed by atoms with van der Waals surface area (Å²) in [7, 11) is 0. The standard InChI is InChI=1S/C23H25N5O3/c29-23(25-9-12-28-10-1-2-11-28)22-21(18-7-8-24-14-20(18)31-22)26-16-4-5-17-15(13-16)3-6-19(17)27-30/h4-5,7-8,13-14,19,26H,1-3,6,9-12H2,(H,25,29). The molecule has 0 bridgehead atoms. The van der Waals surface area contributed by atoms with Crippen molar-refractivity contribution in [3.63, 3.8) is 0 Å². The molecule has 1 amide bonds. The Morgan fingerprint density at radius 3 is 2.97 bits per heavy atom. The predicted octanol–water partition coefficient (Wildman–Crippen LogP) is 4.15. The number of carbonyl (C=O) groups excluding carboxylic acids is 1. The summed E-state index contributed by atoms with van der Waals surface area (Å²) in [5.74, 6) is 0.00151. The third-order valence-electron chi connectivity index (χ3n) is 6.20. The maximum absolute atomic E-state index is 12.9. The van der Waals surface area contributed by atoms with E-state index in [0.29, 0.717) is 17.8 Å². The molecule has 8 heteroatoms. The monoisotopic (exact) mass is 419 g/mol. The van der Waals surface area contributed by atoms with Crippen LogP contribution in [0.25, 0.3) is 11.0 Å². The van der Waals surface area contributed by atoms with Crippen molar-refractivity contribution < 1.29 is 9.21 Å². The van der Waals surface area contributed by atoms with Crippen LogP contribution in [0.2, 0.25) is 0 Å². The number of hydrogen-bond acceptors (Lipinski definition) is 7. The number of nitroso groups, excluding NO2 is 1. The molecule has 0 saturated carbocycles. The van der Waals surface area contributed by atoms with E-state index < -0.39 is 0 Å². The van der Waals surface area contributed by atoms with Gasteiger partial charge in [0.15, 0.2) is 5.58 Å². The lowest BCUT2D eigenvalue weighted by Crippen LogP contribution is -2.33. The molecule has 3 heterocycles. The summed E-state index contributed by atoms with van der Waals surface area (Å²) in [6.07, 6.45) is 7.31. The van der Waals surface area contributed by atoms with Gasteiger partial charge in [-0.25, -0.2) is 0 Å². The first-order valence-electron chi connectivity index (χ1n) is 10.8. The van der Waals surface area contributed by atoms with Crippen LogP contribution in [-0.4, -0.2) is 42.0 Å². The van der Waals surface area contributed by atoms with E-state index in [1.165, 1.54) is 12.8 Å². The molecule has 5 rings (SSSR count). The number of nitrogens with zero attached hydrogens (tertiary/aromatic N) is 3. The number of anilines is 2. The fourth-order valence-electron chi connectivity index (χ4n) is 4.58. The topological polar surface area (TPSA) is 99.8 Å². The highest BCUT2D eigenvalue weighted by atomic mass is 16.3. The number of nitrogens with one attached hydrogen (secondary N) is 2. The number of furan rings is 1. The summed E-state index contributed by atoms with van der Waals surface area (Å²) in [4.78, 5) is 30.4. The molecule has 0 radical (unpaired) electrons. The molecule has 2 aliphatic rings. The van der Waals surface area contributed by atoms with Crippen LogP contribution in [-0.2, 0) is 6.42 Å². The zero-order valence-electron chi connectivity index (χ0n) is 17.3. The average molecular weight is 419 g/mol. The van der Waals surface area contributed by atoms with E-state index in [9.17, 15) is 9.70 Å². The van der Waals surface area contributed by atoms with Crippen molar-refractivity contribution in [1.29, 1.82) is 0 Å². The molecule has 0 spiro atoms. The minimum absolute atomic E-state index is 0.246. The fraction of sp³-hybridized carbons (Fsp3) is 0.391. The maximum Gasteiger partial charge on any atom is 0.289 e. The molecule has 31 heavy (non-hydrogen) atoms. The molecule has 2 aromatic heterocycles. The number of aromatic nitrogens is 1. The van der Waals surface area contributed by atoms with Gasteiger partial charge in [0.25, 0.3) is 5.91 Å². The normalized spacial score (nSPS) is 18.3. The van der Waals surface area contributed by atoms with Gasteiger partial charge >= 0.3 is 0 Å². The quantitative estimate of drug-likeness (QED) is 0.558. The number of fused-ring (bicyclic) bond motifs is 2. The van der Waals surface area contributed by atoms with E-state index in [0.717, 1.165) is 54.7 Å². The second kappa shape index (κ2) is 8.47. The lowest BCUT2D eigenvalue weighted by Gasteiger charge is -2.14. The highest BCUT2D eigenvalue weighted by Gasteiger charge is 2.25. The van der Waals surface area contributed by atoms with Gasteiger partial charge in [0, 0.05) is 30.4 Å². The molecule has 1 unspecified atom stereocenters. The highest BCUT2D eigenvalue weighted by molar-refractivity contribution is 6.07. The van der Waals surface area contributed by atoms with E-state index in [2.05, 4.69) is 25.7 Å². The Morgan fingerprint density at radius 2 is 2.13 bits per heavy atom. The average Bonchev–Trinajstić information content (AvgIpc) is 3.52. The van der Waals surface area contributed by atoms with Crippen LogP contribution in [0.1, 0.15) is 47.0 Å². The summed E-state index contributed by atoms with van der Waals surface area (Å²) in [6, 6.07) is 7.45. The minimum Gasteiger partial charge on any atom is -0.447 e. The summed E-state index contributed by atoms with van der Waals surface area (Å²) >= 11 is 0.